The summed E-state index contributed by atoms with van der Waals surface area (Å²) in [5.41, 5.74) is 1.01. The summed E-state index contributed by atoms with van der Waals surface area (Å²) in [6.45, 7) is 2.25. The Morgan fingerprint density at radius 3 is 2.61 bits per heavy atom. The highest BCUT2D eigenvalue weighted by atomic mass is 19.4. The van der Waals surface area contributed by atoms with Crippen molar-refractivity contribution in [1.29, 1.82) is 0 Å². The fraction of sp³-hybridized carbons (Fsp3) is 0.217. The lowest BCUT2D eigenvalue weighted by Crippen LogP contribution is -2.16. The summed E-state index contributed by atoms with van der Waals surface area (Å²) in [7, 11) is 3.67. The minimum absolute atomic E-state index is 0.0159. The zero-order valence-corrected chi connectivity index (χ0v) is 17.3. The van der Waals surface area contributed by atoms with Crippen molar-refractivity contribution in [2.45, 2.75) is 19.6 Å². The van der Waals surface area contributed by atoms with Crippen LogP contribution in [0.5, 0.6) is 0 Å². The molecule has 0 atom stereocenters. The van der Waals surface area contributed by atoms with Gasteiger partial charge in [0.05, 0.1) is 12.1 Å². The van der Waals surface area contributed by atoms with E-state index in [9.17, 15) is 18.0 Å². The summed E-state index contributed by atoms with van der Waals surface area (Å²) in [6.07, 6.45) is 3.96. The minimum atomic E-state index is -4.59. The molecule has 3 aromatic rings. The van der Waals surface area contributed by atoms with Gasteiger partial charge in [-0.25, -0.2) is 4.98 Å². The number of carbonyl (C=O) groups excluding carboxylic acids is 1. The second kappa shape index (κ2) is 8.66. The van der Waals surface area contributed by atoms with E-state index in [4.69, 9.17) is 6.42 Å². The molecular formula is C23H21F3N4O. The third-order valence-electron chi connectivity index (χ3n) is 4.61. The highest BCUT2D eigenvalue weighted by Gasteiger charge is 2.31. The summed E-state index contributed by atoms with van der Waals surface area (Å²) >= 11 is 0. The maximum Gasteiger partial charge on any atom is 0.416 e. The van der Waals surface area contributed by atoms with Gasteiger partial charge in [0.25, 0.3) is 5.91 Å². The number of carbonyl (C=O) groups is 1. The first kappa shape index (κ1) is 22.1. The number of nitrogens with one attached hydrogen (secondary N) is 1. The normalized spacial score (nSPS) is 11.4. The molecule has 0 radical (unpaired) electrons. The molecule has 0 saturated heterocycles. The summed E-state index contributed by atoms with van der Waals surface area (Å²) in [4.78, 5) is 18.8. The number of amides is 1. The Balaban J connectivity index is 2.01. The number of alkyl halides is 3. The van der Waals surface area contributed by atoms with Crippen molar-refractivity contribution in [3.05, 3.63) is 76.9 Å². The van der Waals surface area contributed by atoms with E-state index in [1.54, 1.807) is 22.9 Å². The van der Waals surface area contributed by atoms with Gasteiger partial charge in [-0.15, -0.1) is 6.42 Å². The molecule has 5 nitrogen and oxygen atoms in total. The Kier molecular flexibility index (Phi) is 6.18. The van der Waals surface area contributed by atoms with Crippen LogP contribution in [0.4, 0.5) is 18.9 Å². The number of halogens is 3. The van der Waals surface area contributed by atoms with E-state index in [1.807, 2.05) is 25.9 Å². The third-order valence-corrected chi connectivity index (χ3v) is 4.61. The molecule has 3 rings (SSSR count). The number of aryl methyl sites for hydroxylation is 1. The summed E-state index contributed by atoms with van der Waals surface area (Å²) in [6, 6.07) is 8.21. The van der Waals surface area contributed by atoms with Crippen LogP contribution >= 0.6 is 0 Å². The van der Waals surface area contributed by atoms with Crippen LogP contribution < -0.4 is 5.32 Å². The topological polar surface area (TPSA) is 50.2 Å². The van der Waals surface area contributed by atoms with Crippen LogP contribution in [0.3, 0.4) is 0 Å². The van der Waals surface area contributed by atoms with E-state index >= 15 is 0 Å². The number of nitrogens with zero attached hydrogens (tertiary/aromatic N) is 3. The molecule has 31 heavy (non-hydrogen) atoms. The Morgan fingerprint density at radius 2 is 1.97 bits per heavy atom. The van der Waals surface area contributed by atoms with Crippen LogP contribution in [0.1, 0.15) is 32.9 Å². The molecule has 0 spiro atoms. The largest absolute Gasteiger partial charge is 0.416 e. The van der Waals surface area contributed by atoms with Crippen LogP contribution in [-0.2, 0) is 12.7 Å². The number of benzene rings is 2. The van der Waals surface area contributed by atoms with Gasteiger partial charge in [-0.3, -0.25) is 4.79 Å². The molecule has 0 fully saturated rings. The number of imidazole rings is 1. The monoisotopic (exact) mass is 426 g/mol. The van der Waals surface area contributed by atoms with Crippen molar-refractivity contribution in [2.24, 2.45) is 0 Å². The van der Waals surface area contributed by atoms with Crippen molar-refractivity contribution in [2.75, 3.05) is 19.4 Å². The van der Waals surface area contributed by atoms with E-state index in [1.165, 1.54) is 18.3 Å². The number of anilines is 1. The van der Waals surface area contributed by atoms with Crippen LogP contribution in [0.2, 0.25) is 0 Å². The van der Waals surface area contributed by atoms with Crippen LogP contribution in [0.15, 0.2) is 48.8 Å². The first-order valence-electron chi connectivity index (χ1n) is 9.36. The predicted octanol–water partition coefficient (Wildman–Crippen LogP) is 4.49. The predicted molar refractivity (Wildman–Crippen MR) is 113 cm³/mol. The number of rotatable bonds is 5. The van der Waals surface area contributed by atoms with E-state index < -0.39 is 17.6 Å². The highest BCUT2D eigenvalue weighted by molar-refractivity contribution is 6.04. The summed E-state index contributed by atoms with van der Waals surface area (Å²) in [5, 5.41) is 2.55. The zero-order valence-electron chi connectivity index (χ0n) is 17.3. The van der Waals surface area contributed by atoms with Crippen molar-refractivity contribution in [3.63, 3.8) is 0 Å². The molecule has 0 saturated carbocycles. The number of aromatic nitrogens is 2. The maximum atomic E-state index is 13.5. The van der Waals surface area contributed by atoms with E-state index in [0.29, 0.717) is 17.9 Å². The fourth-order valence-corrected chi connectivity index (χ4v) is 3.08. The average Bonchev–Trinajstić information content (AvgIpc) is 3.14. The zero-order chi connectivity index (χ0) is 22.8. The lowest BCUT2D eigenvalue weighted by atomic mass is 10.0. The van der Waals surface area contributed by atoms with E-state index in [-0.39, 0.29) is 16.9 Å². The van der Waals surface area contributed by atoms with Crippen LogP contribution in [0, 0.1) is 19.3 Å². The number of terminal acetylenes is 1. The molecule has 0 aliphatic heterocycles. The average molecular weight is 426 g/mol. The van der Waals surface area contributed by atoms with Gasteiger partial charge in [0.1, 0.15) is 5.82 Å². The lowest BCUT2D eigenvalue weighted by Gasteiger charge is -2.16. The molecular weight excluding hydrogens is 405 g/mol. The smallest absolute Gasteiger partial charge is 0.322 e. The quantitative estimate of drug-likeness (QED) is 0.612. The van der Waals surface area contributed by atoms with E-state index in [2.05, 4.69) is 16.2 Å². The van der Waals surface area contributed by atoms with E-state index in [0.717, 1.165) is 17.7 Å². The Hall–Kier alpha value is -3.57. The Morgan fingerprint density at radius 1 is 1.23 bits per heavy atom. The second-order valence-corrected chi connectivity index (χ2v) is 7.35. The molecule has 8 heteroatoms. The third kappa shape index (κ3) is 5.13. The molecule has 0 aliphatic rings. The molecule has 0 aliphatic carbocycles. The summed E-state index contributed by atoms with van der Waals surface area (Å²) in [5.74, 6) is 2.50. The lowest BCUT2D eigenvalue weighted by molar-refractivity contribution is -0.137. The first-order chi connectivity index (χ1) is 14.6. The van der Waals surface area contributed by atoms with Gasteiger partial charge in [-0.05, 0) is 56.9 Å². The first-order valence-corrected chi connectivity index (χ1v) is 9.36. The molecule has 0 bridgehead atoms. The van der Waals surface area contributed by atoms with Gasteiger partial charge in [0.15, 0.2) is 0 Å². The van der Waals surface area contributed by atoms with Crippen molar-refractivity contribution in [1.82, 2.24) is 14.5 Å². The van der Waals surface area contributed by atoms with Crippen molar-refractivity contribution >= 4 is 11.6 Å². The van der Waals surface area contributed by atoms with Gasteiger partial charge >= 0.3 is 6.18 Å². The Bertz CT molecular complexity index is 1160. The standard InChI is InChI=1S/C23H21F3N4O/c1-5-16-10-17(7-6-15(16)2)22(31)28-19-11-18(23(24,25)26)12-20(13-19)30-9-8-27-21(30)14-29(3)4/h1,6-13H,14H2,2-4H3,(H,28,31). The van der Waals surface area contributed by atoms with Gasteiger partial charge in [0, 0.05) is 34.9 Å². The van der Waals surface area contributed by atoms with Gasteiger partial charge in [0.2, 0.25) is 0 Å². The van der Waals surface area contributed by atoms with Gasteiger partial charge in [-0.2, -0.15) is 13.2 Å². The molecule has 2 aromatic carbocycles. The number of hydrogen-bond acceptors (Lipinski definition) is 3. The molecule has 160 valence electrons. The molecule has 1 heterocycles. The molecule has 1 amide bonds. The van der Waals surface area contributed by atoms with Gasteiger partial charge in [-0.1, -0.05) is 12.0 Å². The van der Waals surface area contributed by atoms with Crippen LogP contribution in [-0.4, -0.2) is 34.5 Å². The fourth-order valence-electron chi connectivity index (χ4n) is 3.08. The number of hydrogen-bond donors (Lipinski definition) is 1. The minimum Gasteiger partial charge on any atom is -0.322 e. The second-order valence-electron chi connectivity index (χ2n) is 7.35. The van der Waals surface area contributed by atoms with Crippen LogP contribution in [0.25, 0.3) is 5.69 Å². The molecule has 1 N–H and O–H groups in total. The Labute approximate surface area is 178 Å². The molecule has 0 unspecified atom stereocenters. The SMILES string of the molecule is C#Cc1cc(C(=O)Nc2cc(-n3ccnc3CN(C)C)cc(C(F)(F)F)c2)ccc1C. The maximum absolute atomic E-state index is 13.5. The molecule has 1 aromatic heterocycles. The van der Waals surface area contributed by atoms with Gasteiger partial charge < -0.3 is 14.8 Å². The van der Waals surface area contributed by atoms with Crippen molar-refractivity contribution in [3.8, 4) is 18.0 Å². The summed E-state index contributed by atoms with van der Waals surface area (Å²) < 4.78 is 42.2. The highest BCUT2D eigenvalue weighted by Crippen LogP contribution is 2.33. The van der Waals surface area contributed by atoms with Crippen molar-refractivity contribution < 1.29 is 18.0 Å².